The summed E-state index contributed by atoms with van der Waals surface area (Å²) in [6.07, 6.45) is -4.60. The van der Waals surface area contributed by atoms with Crippen molar-refractivity contribution in [1.82, 2.24) is 20.4 Å². The van der Waals surface area contributed by atoms with Crippen molar-refractivity contribution in [3.05, 3.63) is 16.4 Å². The van der Waals surface area contributed by atoms with Gasteiger partial charge in [0.05, 0.1) is 11.6 Å². The van der Waals surface area contributed by atoms with Crippen molar-refractivity contribution in [3.8, 4) is 0 Å². The molecule has 0 fully saturated rings. The van der Waals surface area contributed by atoms with E-state index in [4.69, 9.17) is 11.6 Å². The van der Waals surface area contributed by atoms with Gasteiger partial charge in [-0.15, -0.1) is 0 Å². The Morgan fingerprint density at radius 2 is 2.05 bits per heavy atom. The molecule has 19 heavy (non-hydrogen) atoms. The SMILES string of the molecule is CNC(=O)NCc1nn(C(C)C)c(C(F)(F)F)c1Cl. The third-order valence-electron chi connectivity index (χ3n) is 2.32. The number of hydrogen-bond acceptors (Lipinski definition) is 2. The number of carbonyl (C=O) groups excluding carboxylic acids is 1. The van der Waals surface area contributed by atoms with Gasteiger partial charge in [0, 0.05) is 13.1 Å². The largest absolute Gasteiger partial charge is 0.434 e. The number of carbonyl (C=O) groups is 1. The summed E-state index contributed by atoms with van der Waals surface area (Å²) in [5, 5.41) is 7.94. The van der Waals surface area contributed by atoms with Gasteiger partial charge in [-0.1, -0.05) is 11.6 Å². The van der Waals surface area contributed by atoms with Gasteiger partial charge in [-0.3, -0.25) is 4.68 Å². The van der Waals surface area contributed by atoms with Crippen LogP contribution in [-0.4, -0.2) is 22.9 Å². The lowest BCUT2D eigenvalue weighted by atomic mass is 10.3. The highest BCUT2D eigenvalue weighted by Gasteiger charge is 2.40. The van der Waals surface area contributed by atoms with Gasteiger partial charge in [-0.2, -0.15) is 18.3 Å². The van der Waals surface area contributed by atoms with Crippen LogP contribution in [0.15, 0.2) is 0 Å². The van der Waals surface area contributed by atoms with Crippen LogP contribution in [0.2, 0.25) is 5.02 Å². The van der Waals surface area contributed by atoms with Crippen LogP contribution in [0, 0.1) is 0 Å². The Morgan fingerprint density at radius 1 is 1.47 bits per heavy atom. The van der Waals surface area contributed by atoms with Crippen LogP contribution in [0.1, 0.15) is 31.3 Å². The van der Waals surface area contributed by atoms with Gasteiger partial charge < -0.3 is 10.6 Å². The maximum atomic E-state index is 12.9. The summed E-state index contributed by atoms with van der Waals surface area (Å²) < 4.78 is 39.5. The molecule has 0 unspecified atom stereocenters. The van der Waals surface area contributed by atoms with Crippen molar-refractivity contribution < 1.29 is 18.0 Å². The highest BCUT2D eigenvalue weighted by Crippen LogP contribution is 2.37. The van der Waals surface area contributed by atoms with E-state index in [1.807, 2.05) is 0 Å². The summed E-state index contributed by atoms with van der Waals surface area (Å²) in [5.41, 5.74) is -1.02. The normalized spacial score (nSPS) is 11.8. The fourth-order valence-corrected chi connectivity index (χ4v) is 1.75. The quantitative estimate of drug-likeness (QED) is 0.901. The van der Waals surface area contributed by atoms with Gasteiger partial charge >= 0.3 is 12.2 Å². The first-order valence-corrected chi connectivity index (χ1v) is 5.86. The van der Waals surface area contributed by atoms with Crippen molar-refractivity contribution in [1.29, 1.82) is 0 Å². The van der Waals surface area contributed by atoms with E-state index in [0.29, 0.717) is 0 Å². The van der Waals surface area contributed by atoms with Gasteiger partial charge in [-0.05, 0) is 13.8 Å². The molecule has 1 rings (SSSR count). The first-order chi connectivity index (χ1) is 8.68. The molecule has 2 amide bonds. The van der Waals surface area contributed by atoms with E-state index in [9.17, 15) is 18.0 Å². The number of nitrogens with zero attached hydrogens (tertiary/aromatic N) is 2. The number of hydrogen-bond donors (Lipinski definition) is 2. The molecule has 2 N–H and O–H groups in total. The summed E-state index contributed by atoms with van der Waals surface area (Å²) in [4.78, 5) is 11.0. The van der Waals surface area contributed by atoms with E-state index >= 15 is 0 Å². The molecule has 1 aromatic heterocycles. The summed E-state index contributed by atoms with van der Waals surface area (Å²) in [7, 11) is 1.39. The second-order valence-electron chi connectivity index (χ2n) is 4.08. The van der Waals surface area contributed by atoms with E-state index in [1.165, 1.54) is 7.05 Å². The number of halogens is 4. The maximum Gasteiger partial charge on any atom is 0.434 e. The summed E-state index contributed by atoms with van der Waals surface area (Å²) >= 11 is 5.71. The lowest BCUT2D eigenvalue weighted by Crippen LogP contribution is -2.32. The van der Waals surface area contributed by atoms with Crippen LogP contribution in [0.5, 0.6) is 0 Å². The number of amides is 2. The molecule has 0 radical (unpaired) electrons. The fourth-order valence-electron chi connectivity index (χ4n) is 1.45. The van der Waals surface area contributed by atoms with E-state index < -0.39 is 29.0 Å². The highest BCUT2D eigenvalue weighted by molar-refractivity contribution is 6.32. The lowest BCUT2D eigenvalue weighted by molar-refractivity contribution is -0.144. The molecule has 0 saturated heterocycles. The van der Waals surface area contributed by atoms with Crippen LogP contribution in [-0.2, 0) is 12.7 Å². The molecule has 5 nitrogen and oxygen atoms in total. The topological polar surface area (TPSA) is 59.0 Å². The number of alkyl halides is 3. The van der Waals surface area contributed by atoms with Crippen LogP contribution in [0.3, 0.4) is 0 Å². The molecule has 0 aliphatic carbocycles. The fraction of sp³-hybridized carbons (Fsp3) is 0.600. The molecule has 0 bridgehead atoms. The Kier molecular flexibility index (Phi) is 4.67. The molecule has 9 heteroatoms. The van der Waals surface area contributed by atoms with E-state index in [-0.39, 0.29) is 12.2 Å². The molecular formula is C10H14ClF3N4O. The zero-order valence-corrected chi connectivity index (χ0v) is 11.4. The van der Waals surface area contributed by atoms with Crippen LogP contribution in [0.4, 0.5) is 18.0 Å². The molecule has 108 valence electrons. The van der Waals surface area contributed by atoms with Crippen molar-refractivity contribution in [2.45, 2.75) is 32.6 Å². The number of rotatable bonds is 3. The van der Waals surface area contributed by atoms with Crippen molar-refractivity contribution in [2.24, 2.45) is 0 Å². The van der Waals surface area contributed by atoms with Gasteiger partial charge in [0.1, 0.15) is 5.69 Å². The molecule has 0 saturated carbocycles. The molecule has 0 aromatic carbocycles. The van der Waals surface area contributed by atoms with Gasteiger partial charge in [0.25, 0.3) is 0 Å². The van der Waals surface area contributed by atoms with Gasteiger partial charge in [-0.25, -0.2) is 4.79 Å². The first-order valence-electron chi connectivity index (χ1n) is 5.48. The minimum atomic E-state index is -4.60. The molecule has 1 heterocycles. The van der Waals surface area contributed by atoms with Crippen molar-refractivity contribution >= 4 is 17.6 Å². The van der Waals surface area contributed by atoms with E-state index in [0.717, 1.165) is 4.68 Å². The molecule has 0 aliphatic heterocycles. The lowest BCUT2D eigenvalue weighted by Gasteiger charge is -2.13. The Labute approximate surface area is 113 Å². The Morgan fingerprint density at radius 3 is 2.42 bits per heavy atom. The average Bonchev–Trinajstić information content (AvgIpc) is 2.63. The molecule has 1 aromatic rings. The summed E-state index contributed by atoms with van der Waals surface area (Å²) in [5.74, 6) is 0. The second kappa shape index (κ2) is 5.68. The monoisotopic (exact) mass is 298 g/mol. The van der Waals surface area contributed by atoms with Crippen molar-refractivity contribution in [3.63, 3.8) is 0 Å². The van der Waals surface area contributed by atoms with Gasteiger partial charge in [0.2, 0.25) is 0 Å². The molecule has 0 spiro atoms. The van der Waals surface area contributed by atoms with E-state index in [1.54, 1.807) is 13.8 Å². The van der Waals surface area contributed by atoms with Crippen LogP contribution >= 0.6 is 11.6 Å². The second-order valence-corrected chi connectivity index (χ2v) is 4.46. The molecular weight excluding hydrogens is 285 g/mol. The minimum absolute atomic E-state index is 0.0220. The summed E-state index contributed by atoms with van der Waals surface area (Å²) in [6, 6.07) is -1.02. The predicted molar refractivity (Wildman–Crippen MR) is 63.9 cm³/mol. The van der Waals surface area contributed by atoms with Crippen molar-refractivity contribution in [2.75, 3.05) is 7.05 Å². The number of nitrogens with one attached hydrogen (secondary N) is 2. The smallest absolute Gasteiger partial charge is 0.341 e. The van der Waals surface area contributed by atoms with Crippen LogP contribution < -0.4 is 10.6 Å². The predicted octanol–water partition coefficient (Wildman–Crippen LogP) is 2.57. The highest BCUT2D eigenvalue weighted by atomic mass is 35.5. The van der Waals surface area contributed by atoms with Crippen LogP contribution in [0.25, 0.3) is 0 Å². The maximum absolute atomic E-state index is 12.9. The number of aromatic nitrogens is 2. The zero-order chi connectivity index (χ0) is 14.8. The number of urea groups is 1. The molecule has 0 atom stereocenters. The third kappa shape index (κ3) is 3.52. The Hall–Kier alpha value is -1.44. The third-order valence-corrected chi connectivity index (χ3v) is 2.72. The Balaban J connectivity index is 3.12. The average molecular weight is 299 g/mol. The standard InChI is InChI=1S/C10H14ClF3N4O/c1-5(2)18-8(10(12,13)14)7(11)6(17-18)4-16-9(19)15-3/h5H,4H2,1-3H3,(H2,15,16,19). The zero-order valence-electron chi connectivity index (χ0n) is 10.6. The summed E-state index contributed by atoms with van der Waals surface area (Å²) in [6.45, 7) is 2.95. The minimum Gasteiger partial charge on any atom is -0.341 e. The first kappa shape index (κ1) is 15.6. The van der Waals surface area contributed by atoms with E-state index in [2.05, 4.69) is 15.7 Å². The molecule has 0 aliphatic rings. The Bertz CT molecular complexity index is 470. The van der Waals surface area contributed by atoms with Gasteiger partial charge in [0.15, 0.2) is 5.69 Å².